The molecule has 32 heavy (non-hydrogen) atoms. The first kappa shape index (κ1) is 23.8. The molecule has 0 unspecified atom stereocenters. The molecular formula is C23H34N4O5. The monoisotopic (exact) mass is 446 g/mol. The number of benzene rings is 1. The van der Waals surface area contributed by atoms with Gasteiger partial charge in [0.2, 0.25) is 0 Å². The van der Waals surface area contributed by atoms with Gasteiger partial charge in [-0.25, -0.2) is 4.79 Å². The third-order valence-corrected chi connectivity index (χ3v) is 5.38. The Morgan fingerprint density at radius 1 is 1.25 bits per heavy atom. The Hall–Kier alpha value is -2.81. The lowest BCUT2D eigenvalue weighted by atomic mass is 10.0. The fraction of sp³-hybridized carbons (Fsp3) is 0.609. The standard InChI is InChI=1S/C23H34N4O5/c1-23(2,3)31-22(29)25-14-18-13-19(26-32-18)21(28)24-15-20(27-10-5-6-11-27)16-8-7-9-17(12-16)30-4/h7-9,12,18,20H,5-6,10-11,13-15H2,1-4H3,(H,24,28)(H,25,29)/t18-,20-/m1/s1. The fourth-order valence-electron chi connectivity index (χ4n) is 3.83. The molecular weight excluding hydrogens is 412 g/mol. The summed E-state index contributed by atoms with van der Waals surface area (Å²) in [5.74, 6) is 0.545. The number of hydrogen-bond acceptors (Lipinski definition) is 7. The van der Waals surface area contributed by atoms with Crippen molar-refractivity contribution < 1.29 is 23.9 Å². The Morgan fingerprint density at radius 3 is 2.69 bits per heavy atom. The number of likely N-dealkylation sites (tertiary alicyclic amines) is 1. The average molecular weight is 447 g/mol. The third-order valence-electron chi connectivity index (χ3n) is 5.38. The van der Waals surface area contributed by atoms with Gasteiger partial charge in [0.25, 0.3) is 5.91 Å². The van der Waals surface area contributed by atoms with Crippen molar-refractivity contribution in [1.82, 2.24) is 15.5 Å². The summed E-state index contributed by atoms with van der Waals surface area (Å²) >= 11 is 0. The summed E-state index contributed by atoms with van der Waals surface area (Å²) in [6, 6.07) is 8.02. The Morgan fingerprint density at radius 2 is 2.00 bits per heavy atom. The molecule has 0 bridgehead atoms. The second kappa shape index (κ2) is 10.7. The van der Waals surface area contributed by atoms with Crippen LogP contribution in [0.4, 0.5) is 4.79 Å². The van der Waals surface area contributed by atoms with Crippen LogP contribution in [0.1, 0.15) is 51.6 Å². The summed E-state index contributed by atoms with van der Waals surface area (Å²) in [7, 11) is 1.65. The van der Waals surface area contributed by atoms with Crippen LogP contribution in [0.15, 0.2) is 29.4 Å². The molecule has 3 rings (SSSR count). The molecule has 0 saturated carbocycles. The molecule has 0 aliphatic carbocycles. The van der Waals surface area contributed by atoms with E-state index in [1.54, 1.807) is 27.9 Å². The molecule has 176 valence electrons. The maximum atomic E-state index is 12.7. The highest BCUT2D eigenvalue weighted by Crippen LogP contribution is 2.27. The number of hydrogen-bond donors (Lipinski definition) is 2. The van der Waals surface area contributed by atoms with Crippen molar-refractivity contribution in [2.45, 2.75) is 57.8 Å². The third kappa shape index (κ3) is 6.85. The minimum absolute atomic E-state index is 0.0594. The van der Waals surface area contributed by atoms with Gasteiger partial charge in [0.1, 0.15) is 17.1 Å². The van der Waals surface area contributed by atoms with Crippen LogP contribution in [-0.4, -0.2) is 67.6 Å². The molecule has 9 heteroatoms. The molecule has 1 saturated heterocycles. The van der Waals surface area contributed by atoms with E-state index in [0.717, 1.165) is 37.2 Å². The van der Waals surface area contributed by atoms with Crippen LogP contribution in [0, 0.1) is 0 Å². The quantitative estimate of drug-likeness (QED) is 0.637. The summed E-state index contributed by atoms with van der Waals surface area (Å²) in [6.07, 6.45) is 1.72. The smallest absolute Gasteiger partial charge is 0.407 e. The Kier molecular flexibility index (Phi) is 7.95. The SMILES string of the molecule is COc1cccc([C@@H](CNC(=O)C2=NO[C@@H](CNC(=O)OC(C)(C)C)C2)N2CCCC2)c1. The second-order valence-corrected chi connectivity index (χ2v) is 9.10. The first-order valence-corrected chi connectivity index (χ1v) is 11.1. The summed E-state index contributed by atoms with van der Waals surface area (Å²) < 4.78 is 10.6. The van der Waals surface area contributed by atoms with E-state index < -0.39 is 17.8 Å². The van der Waals surface area contributed by atoms with Crippen molar-refractivity contribution >= 4 is 17.7 Å². The lowest BCUT2D eigenvalue weighted by molar-refractivity contribution is -0.115. The molecule has 0 radical (unpaired) electrons. The molecule has 0 aromatic heterocycles. The van der Waals surface area contributed by atoms with E-state index in [1.807, 2.05) is 18.2 Å². The van der Waals surface area contributed by atoms with Gasteiger partial charge < -0.3 is 24.9 Å². The van der Waals surface area contributed by atoms with Crippen LogP contribution >= 0.6 is 0 Å². The fourth-order valence-corrected chi connectivity index (χ4v) is 3.83. The maximum absolute atomic E-state index is 12.7. The summed E-state index contributed by atoms with van der Waals surface area (Å²) in [5.41, 5.74) is 0.860. The van der Waals surface area contributed by atoms with E-state index in [1.165, 1.54) is 0 Å². The molecule has 2 aliphatic heterocycles. The summed E-state index contributed by atoms with van der Waals surface area (Å²) in [6.45, 7) is 8.07. The largest absolute Gasteiger partial charge is 0.497 e. The summed E-state index contributed by atoms with van der Waals surface area (Å²) in [5, 5.41) is 9.58. The number of amides is 2. The number of rotatable bonds is 8. The molecule has 0 spiro atoms. The molecule has 9 nitrogen and oxygen atoms in total. The molecule has 1 aromatic rings. The number of carbonyl (C=O) groups is 2. The number of carbonyl (C=O) groups excluding carboxylic acids is 2. The van der Waals surface area contributed by atoms with Gasteiger partial charge in [-0.15, -0.1) is 0 Å². The Bertz CT molecular complexity index is 830. The van der Waals surface area contributed by atoms with Crippen LogP contribution < -0.4 is 15.4 Å². The number of oxime groups is 1. The first-order valence-electron chi connectivity index (χ1n) is 11.1. The van der Waals surface area contributed by atoms with E-state index >= 15 is 0 Å². The van der Waals surface area contributed by atoms with Crippen molar-refractivity contribution in [3.63, 3.8) is 0 Å². The number of alkyl carbamates (subject to hydrolysis) is 1. The minimum atomic E-state index is -0.573. The molecule has 1 fully saturated rings. The van der Waals surface area contributed by atoms with Crippen molar-refractivity contribution in [3.8, 4) is 5.75 Å². The molecule has 2 amide bonds. The maximum Gasteiger partial charge on any atom is 0.407 e. The minimum Gasteiger partial charge on any atom is -0.497 e. The average Bonchev–Trinajstić information content (AvgIpc) is 3.44. The first-order chi connectivity index (χ1) is 15.2. The van der Waals surface area contributed by atoms with Crippen LogP contribution in [-0.2, 0) is 14.4 Å². The van der Waals surface area contributed by atoms with Crippen molar-refractivity contribution in [2.24, 2.45) is 5.16 Å². The number of ether oxygens (including phenoxy) is 2. The van der Waals surface area contributed by atoms with Crippen LogP contribution in [0.2, 0.25) is 0 Å². The lowest BCUT2D eigenvalue weighted by Gasteiger charge is -2.28. The zero-order valence-corrected chi connectivity index (χ0v) is 19.3. The van der Waals surface area contributed by atoms with Gasteiger partial charge in [0.05, 0.1) is 19.7 Å². The highest BCUT2D eigenvalue weighted by Gasteiger charge is 2.29. The van der Waals surface area contributed by atoms with E-state index in [9.17, 15) is 9.59 Å². The van der Waals surface area contributed by atoms with E-state index in [-0.39, 0.29) is 18.5 Å². The van der Waals surface area contributed by atoms with E-state index in [2.05, 4.69) is 26.8 Å². The highest BCUT2D eigenvalue weighted by molar-refractivity contribution is 6.39. The zero-order chi connectivity index (χ0) is 23.1. The second-order valence-electron chi connectivity index (χ2n) is 9.10. The molecule has 2 heterocycles. The van der Waals surface area contributed by atoms with Gasteiger partial charge in [-0.3, -0.25) is 9.69 Å². The van der Waals surface area contributed by atoms with Gasteiger partial charge >= 0.3 is 6.09 Å². The van der Waals surface area contributed by atoms with Crippen LogP contribution in [0.3, 0.4) is 0 Å². The van der Waals surface area contributed by atoms with Gasteiger partial charge in [0.15, 0.2) is 6.10 Å². The zero-order valence-electron chi connectivity index (χ0n) is 19.3. The van der Waals surface area contributed by atoms with Crippen molar-refractivity contribution in [1.29, 1.82) is 0 Å². The predicted octanol–water partition coefficient (Wildman–Crippen LogP) is 2.62. The van der Waals surface area contributed by atoms with E-state index in [0.29, 0.717) is 18.7 Å². The lowest BCUT2D eigenvalue weighted by Crippen LogP contribution is -2.40. The van der Waals surface area contributed by atoms with Gasteiger partial charge in [0, 0.05) is 13.0 Å². The van der Waals surface area contributed by atoms with Crippen molar-refractivity contribution in [2.75, 3.05) is 33.3 Å². The number of nitrogens with zero attached hydrogens (tertiary/aromatic N) is 2. The predicted molar refractivity (Wildman–Crippen MR) is 121 cm³/mol. The molecule has 2 N–H and O–H groups in total. The Labute approximate surface area is 189 Å². The molecule has 1 aromatic carbocycles. The highest BCUT2D eigenvalue weighted by atomic mass is 16.6. The normalized spacial score (nSPS) is 19.6. The van der Waals surface area contributed by atoms with Gasteiger partial charge in [-0.05, 0) is 64.4 Å². The summed E-state index contributed by atoms with van der Waals surface area (Å²) in [4.78, 5) is 32.2. The van der Waals surface area contributed by atoms with Gasteiger partial charge in [-0.1, -0.05) is 17.3 Å². The number of nitrogens with one attached hydrogen (secondary N) is 2. The van der Waals surface area contributed by atoms with Crippen molar-refractivity contribution in [3.05, 3.63) is 29.8 Å². The topological polar surface area (TPSA) is 101 Å². The molecule has 2 atom stereocenters. The Balaban J connectivity index is 1.51. The van der Waals surface area contributed by atoms with Crippen LogP contribution in [0.5, 0.6) is 5.75 Å². The molecule has 2 aliphatic rings. The van der Waals surface area contributed by atoms with Gasteiger partial charge in [-0.2, -0.15) is 0 Å². The van der Waals surface area contributed by atoms with Crippen LogP contribution in [0.25, 0.3) is 0 Å². The van der Waals surface area contributed by atoms with E-state index in [4.69, 9.17) is 14.3 Å². The number of methoxy groups -OCH3 is 1.